The fraction of sp³-hybridized carbons (Fsp3) is 0.0400. The number of nitrogens with one attached hydrogen (secondary N) is 1. The third kappa shape index (κ3) is 4.79. The summed E-state index contributed by atoms with van der Waals surface area (Å²) < 4.78 is 10.6. The third-order valence-electron chi connectivity index (χ3n) is 4.59. The van der Waals surface area contributed by atoms with Gasteiger partial charge in [-0.25, -0.2) is 14.8 Å². The first-order valence-corrected chi connectivity index (χ1v) is 9.78. The van der Waals surface area contributed by atoms with Crippen molar-refractivity contribution in [2.45, 2.75) is 0 Å². The second-order valence-corrected chi connectivity index (χ2v) is 6.73. The molecule has 0 saturated heterocycles. The van der Waals surface area contributed by atoms with E-state index in [9.17, 15) is 9.59 Å². The van der Waals surface area contributed by atoms with Crippen molar-refractivity contribution in [1.82, 2.24) is 9.97 Å². The van der Waals surface area contributed by atoms with Gasteiger partial charge in [-0.3, -0.25) is 4.79 Å². The van der Waals surface area contributed by atoms with Gasteiger partial charge in [0, 0.05) is 23.6 Å². The monoisotopic (exact) mass is 425 g/mol. The Morgan fingerprint density at radius 3 is 2.16 bits per heavy atom. The molecule has 1 amide bonds. The second-order valence-electron chi connectivity index (χ2n) is 6.73. The Labute approximate surface area is 184 Å². The molecule has 4 aromatic rings. The van der Waals surface area contributed by atoms with Crippen LogP contribution in [0, 0.1) is 0 Å². The highest BCUT2D eigenvalue weighted by atomic mass is 16.5. The maximum atomic E-state index is 12.5. The normalized spacial score (nSPS) is 10.3. The van der Waals surface area contributed by atoms with Crippen molar-refractivity contribution in [1.29, 1.82) is 0 Å². The van der Waals surface area contributed by atoms with Crippen molar-refractivity contribution in [2.24, 2.45) is 0 Å². The summed E-state index contributed by atoms with van der Waals surface area (Å²) in [5, 5.41) is 2.79. The zero-order chi connectivity index (χ0) is 22.3. The van der Waals surface area contributed by atoms with Crippen molar-refractivity contribution in [3.63, 3.8) is 0 Å². The zero-order valence-electron chi connectivity index (χ0n) is 17.2. The fourth-order valence-corrected chi connectivity index (χ4v) is 2.97. The summed E-state index contributed by atoms with van der Waals surface area (Å²) in [4.78, 5) is 33.3. The lowest BCUT2D eigenvalue weighted by atomic mass is 10.2. The highest BCUT2D eigenvalue weighted by Gasteiger charge is 2.13. The van der Waals surface area contributed by atoms with Gasteiger partial charge in [-0.05, 0) is 36.4 Å². The van der Waals surface area contributed by atoms with Crippen LogP contribution in [0.5, 0.6) is 11.5 Å². The van der Waals surface area contributed by atoms with Crippen LogP contribution in [0.4, 0.5) is 5.69 Å². The minimum absolute atomic E-state index is 0.234. The molecule has 7 nitrogen and oxygen atoms in total. The maximum Gasteiger partial charge on any atom is 0.346 e. The number of rotatable bonds is 6. The minimum atomic E-state index is -0.574. The molecule has 0 saturated carbocycles. The van der Waals surface area contributed by atoms with Crippen LogP contribution in [0.1, 0.15) is 20.7 Å². The number of carbonyl (C=O) groups is 2. The summed E-state index contributed by atoms with van der Waals surface area (Å²) in [6, 6.07) is 22.9. The molecule has 1 heterocycles. The van der Waals surface area contributed by atoms with Crippen LogP contribution < -0.4 is 14.8 Å². The van der Waals surface area contributed by atoms with Gasteiger partial charge in [-0.2, -0.15) is 0 Å². The molecule has 0 atom stereocenters. The van der Waals surface area contributed by atoms with Crippen LogP contribution in [0.2, 0.25) is 0 Å². The van der Waals surface area contributed by atoms with Gasteiger partial charge >= 0.3 is 5.97 Å². The average Bonchev–Trinajstić information content (AvgIpc) is 2.85. The van der Waals surface area contributed by atoms with Crippen LogP contribution in [0.15, 0.2) is 91.3 Å². The van der Waals surface area contributed by atoms with E-state index in [0.29, 0.717) is 28.6 Å². The van der Waals surface area contributed by atoms with Crippen molar-refractivity contribution in [3.05, 3.63) is 102 Å². The number of ether oxygens (including phenoxy) is 2. The van der Waals surface area contributed by atoms with E-state index in [1.54, 1.807) is 48.5 Å². The topological polar surface area (TPSA) is 90.4 Å². The molecule has 1 N–H and O–H groups in total. The Morgan fingerprint density at radius 2 is 1.47 bits per heavy atom. The zero-order valence-corrected chi connectivity index (χ0v) is 17.2. The summed E-state index contributed by atoms with van der Waals surface area (Å²) in [5.74, 6) is 0.462. The van der Waals surface area contributed by atoms with Crippen molar-refractivity contribution < 1.29 is 19.1 Å². The quantitative estimate of drug-likeness (QED) is 0.358. The lowest BCUT2D eigenvalue weighted by Crippen LogP contribution is -2.13. The van der Waals surface area contributed by atoms with Gasteiger partial charge in [0.25, 0.3) is 5.91 Å². The summed E-state index contributed by atoms with van der Waals surface area (Å²) in [6.45, 7) is 0. The first-order valence-electron chi connectivity index (χ1n) is 9.78. The molecule has 0 aliphatic carbocycles. The number of hydrogen-bond acceptors (Lipinski definition) is 6. The number of para-hydroxylation sites is 1. The summed E-state index contributed by atoms with van der Waals surface area (Å²) in [5.41, 5.74) is 2.07. The second kappa shape index (κ2) is 9.53. The van der Waals surface area contributed by atoms with E-state index in [1.165, 1.54) is 19.5 Å². The lowest BCUT2D eigenvalue weighted by molar-refractivity contribution is 0.0733. The molecule has 0 aliphatic rings. The Balaban J connectivity index is 1.39. The molecule has 0 aliphatic heterocycles. The Hall–Kier alpha value is -4.52. The standard InChI is InChI=1S/C25H19N3O4/c1-31-22-10-6-5-9-21(22)24(29)28-19-11-13-20(14-12-19)32-25(30)18-15-26-23(27-16-18)17-7-3-2-4-8-17/h2-16H,1H3,(H,28,29). The minimum Gasteiger partial charge on any atom is -0.496 e. The molecular formula is C25H19N3O4. The van der Waals surface area contributed by atoms with E-state index in [2.05, 4.69) is 15.3 Å². The van der Waals surface area contributed by atoms with E-state index in [-0.39, 0.29) is 11.5 Å². The number of methoxy groups -OCH3 is 1. The van der Waals surface area contributed by atoms with Gasteiger partial charge in [-0.15, -0.1) is 0 Å². The van der Waals surface area contributed by atoms with Gasteiger partial charge in [-0.1, -0.05) is 42.5 Å². The molecule has 4 rings (SSSR count). The Morgan fingerprint density at radius 1 is 0.812 bits per heavy atom. The van der Waals surface area contributed by atoms with Crippen molar-refractivity contribution in [2.75, 3.05) is 12.4 Å². The third-order valence-corrected chi connectivity index (χ3v) is 4.59. The number of anilines is 1. The summed E-state index contributed by atoms with van der Waals surface area (Å²) >= 11 is 0. The molecule has 0 bridgehead atoms. The van der Waals surface area contributed by atoms with Gasteiger partial charge in [0.2, 0.25) is 0 Å². The lowest BCUT2D eigenvalue weighted by Gasteiger charge is -2.10. The Kier molecular flexibility index (Phi) is 6.17. The molecule has 0 radical (unpaired) electrons. The highest BCUT2D eigenvalue weighted by molar-refractivity contribution is 6.06. The number of hydrogen-bond donors (Lipinski definition) is 1. The smallest absolute Gasteiger partial charge is 0.346 e. The molecule has 158 valence electrons. The SMILES string of the molecule is COc1ccccc1C(=O)Nc1ccc(OC(=O)c2cnc(-c3ccccc3)nc2)cc1. The van der Waals surface area contributed by atoms with Gasteiger partial charge in [0.1, 0.15) is 11.5 Å². The number of aromatic nitrogens is 2. The summed E-state index contributed by atoms with van der Waals surface area (Å²) in [7, 11) is 1.51. The molecule has 0 spiro atoms. The number of benzene rings is 3. The predicted octanol–water partition coefficient (Wildman–Crippen LogP) is 4.62. The van der Waals surface area contributed by atoms with Crippen molar-refractivity contribution in [3.8, 4) is 22.9 Å². The Bertz CT molecular complexity index is 1220. The highest BCUT2D eigenvalue weighted by Crippen LogP contribution is 2.21. The first-order chi connectivity index (χ1) is 15.6. The van der Waals surface area contributed by atoms with Crippen molar-refractivity contribution >= 4 is 17.6 Å². The van der Waals surface area contributed by atoms with E-state index in [4.69, 9.17) is 9.47 Å². The first kappa shape index (κ1) is 20.7. The van der Waals surface area contributed by atoms with Gasteiger partial charge in [0.15, 0.2) is 5.82 Å². The van der Waals surface area contributed by atoms with Crippen LogP contribution >= 0.6 is 0 Å². The molecule has 0 unspecified atom stereocenters. The number of nitrogens with zero attached hydrogens (tertiary/aromatic N) is 2. The van der Waals surface area contributed by atoms with Crippen LogP contribution in [-0.2, 0) is 0 Å². The molecule has 1 aromatic heterocycles. The van der Waals surface area contributed by atoms with Crippen LogP contribution in [0.3, 0.4) is 0 Å². The van der Waals surface area contributed by atoms with Gasteiger partial charge < -0.3 is 14.8 Å². The molecule has 32 heavy (non-hydrogen) atoms. The summed E-state index contributed by atoms with van der Waals surface area (Å²) in [6.07, 6.45) is 2.86. The predicted molar refractivity (Wildman–Crippen MR) is 120 cm³/mol. The molecule has 3 aromatic carbocycles. The van der Waals surface area contributed by atoms with E-state index in [1.807, 2.05) is 30.3 Å². The van der Waals surface area contributed by atoms with E-state index in [0.717, 1.165) is 5.56 Å². The maximum absolute atomic E-state index is 12.5. The van der Waals surface area contributed by atoms with E-state index >= 15 is 0 Å². The number of amides is 1. The molecule has 7 heteroatoms. The largest absolute Gasteiger partial charge is 0.496 e. The number of carbonyl (C=O) groups excluding carboxylic acids is 2. The van der Waals surface area contributed by atoms with Gasteiger partial charge in [0.05, 0.1) is 18.2 Å². The van der Waals surface area contributed by atoms with Crippen LogP contribution in [-0.4, -0.2) is 29.0 Å². The average molecular weight is 425 g/mol. The molecular weight excluding hydrogens is 406 g/mol. The van der Waals surface area contributed by atoms with E-state index < -0.39 is 5.97 Å². The number of esters is 1. The molecule has 0 fully saturated rings. The fourth-order valence-electron chi connectivity index (χ4n) is 2.97. The van der Waals surface area contributed by atoms with Crippen LogP contribution in [0.25, 0.3) is 11.4 Å².